The van der Waals surface area contributed by atoms with Crippen LogP contribution in [0.25, 0.3) is 0 Å². The molecule has 2 rings (SSSR count). The minimum atomic E-state index is -0.595. The van der Waals surface area contributed by atoms with E-state index in [0.717, 1.165) is 13.1 Å². The predicted octanol–water partition coefficient (Wildman–Crippen LogP) is 0.954. The summed E-state index contributed by atoms with van der Waals surface area (Å²) in [5, 5.41) is 6.67. The van der Waals surface area contributed by atoms with E-state index in [1.54, 1.807) is 4.90 Å². The SMILES string of the molecule is CC(C)[C@H](N)C(=O)NCC(=O)N1CCN(Cc2noc(C(C)(C)C)n2)CC1.Cl.Cl. The van der Waals surface area contributed by atoms with Crippen molar-refractivity contribution in [1.29, 1.82) is 0 Å². The summed E-state index contributed by atoms with van der Waals surface area (Å²) in [7, 11) is 0. The van der Waals surface area contributed by atoms with Crippen molar-refractivity contribution in [3.05, 3.63) is 11.7 Å². The van der Waals surface area contributed by atoms with Gasteiger partial charge in [-0.05, 0) is 5.92 Å². The molecule has 1 aromatic rings. The number of amides is 2. The van der Waals surface area contributed by atoms with Crippen LogP contribution in [0.5, 0.6) is 0 Å². The lowest BCUT2D eigenvalue weighted by atomic mass is 9.97. The first-order valence-corrected chi connectivity index (χ1v) is 9.44. The molecular formula is C18H34Cl2N6O3. The molecule has 29 heavy (non-hydrogen) atoms. The van der Waals surface area contributed by atoms with Gasteiger partial charge in [0.25, 0.3) is 0 Å². The standard InChI is InChI=1S/C18H32N6O3.2ClH/c1-12(2)15(19)16(26)20-10-14(25)24-8-6-23(7-9-24)11-13-21-17(27-22-13)18(3,4)5;;/h12,15H,6-11,19H2,1-5H3,(H,20,26);2*1H/t15-;;/m0../s1. The highest BCUT2D eigenvalue weighted by atomic mass is 35.5. The first-order valence-electron chi connectivity index (χ1n) is 9.44. The number of nitrogens with one attached hydrogen (secondary N) is 1. The van der Waals surface area contributed by atoms with Crippen molar-refractivity contribution in [1.82, 2.24) is 25.3 Å². The van der Waals surface area contributed by atoms with E-state index in [1.165, 1.54) is 0 Å². The molecule has 9 nitrogen and oxygen atoms in total. The zero-order valence-electron chi connectivity index (χ0n) is 17.8. The number of hydrogen-bond donors (Lipinski definition) is 2. The highest BCUT2D eigenvalue weighted by Crippen LogP contribution is 2.20. The first-order chi connectivity index (χ1) is 12.6. The van der Waals surface area contributed by atoms with Gasteiger partial charge in [-0.3, -0.25) is 14.5 Å². The smallest absolute Gasteiger partial charge is 0.242 e. The molecule has 1 aliphatic rings. The Morgan fingerprint density at radius 3 is 2.24 bits per heavy atom. The number of carbonyl (C=O) groups is 2. The van der Waals surface area contributed by atoms with Gasteiger partial charge in [0.15, 0.2) is 5.82 Å². The Bertz CT molecular complexity index is 654. The zero-order valence-corrected chi connectivity index (χ0v) is 19.4. The Kier molecular flexibility index (Phi) is 11.1. The summed E-state index contributed by atoms with van der Waals surface area (Å²) in [6, 6.07) is -0.595. The van der Waals surface area contributed by atoms with E-state index in [1.807, 2.05) is 34.6 Å². The molecule has 1 saturated heterocycles. The normalized spacial score (nSPS) is 16.0. The monoisotopic (exact) mass is 452 g/mol. The van der Waals surface area contributed by atoms with Crippen molar-refractivity contribution in [2.45, 2.75) is 52.6 Å². The molecule has 168 valence electrons. The topological polar surface area (TPSA) is 118 Å². The maximum atomic E-state index is 12.3. The average Bonchev–Trinajstić information content (AvgIpc) is 3.08. The summed E-state index contributed by atoms with van der Waals surface area (Å²) in [5.41, 5.74) is 5.61. The largest absolute Gasteiger partial charge is 0.346 e. The first kappa shape index (κ1) is 27.6. The average molecular weight is 453 g/mol. The van der Waals surface area contributed by atoms with Crippen LogP contribution in [0.4, 0.5) is 0 Å². The molecule has 0 aromatic carbocycles. The molecule has 0 aliphatic carbocycles. The van der Waals surface area contributed by atoms with Crippen molar-refractivity contribution < 1.29 is 14.1 Å². The van der Waals surface area contributed by atoms with E-state index >= 15 is 0 Å². The van der Waals surface area contributed by atoms with Gasteiger partial charge in [-0.25, -0.2) is 0 Å². The number of rotatable bonds is 6. The van der Waals surface area contributed by atoms with Gasteiger partial charge in [0.1, 0.15) is 0 Å². The summed E-state index contributed by atoms with van der Waals surface area (Å²) >= 11 is 0. The van der Waals surface area contributed by atoms with Crippen molar-refractivity contribution in [3.63, 3.8) is 0 Å². The maximum Gasteiger partial charge on any atom is 0.242 e. The van der Waals surface area contributed by atoms with Crippen LogP contribution in [-0.4, -0.2) is 70.5 Å². The highest BCUT2D eigenvalue weighted by Gasteiger charge is 2.25. The number of hydrogen-bond acceptors (Lipinski definition) is 7. The lowest BCUT2D eigenvalue weighted by Crippen LogP contribution is -2.52. The lowest BCUT2D eigenvalue weighted by Gasteiger charge is -2.34. The number of nitrogens with zero attached hydrogens (tertiary/aromatic N) is 4. The van der Waals surface area contributed by atoms with Crippen LogP contribution in [0.1, 0.15) is 46.3 Å². The van der Waals surface area contributed by atoms with Crippen molar-refractivity contribution >= 4 is 36.6 Å². The van der Waals surface area contributed by atoms with Gasteiger partial charge < -0.3 is 20.5 Å². The van der Waals surface area contributed by atoms with Crippen LogP contribution < -0.4 is 11.1 Å². The molecule has 11 heteroatoms. The minimum absolute atomic E-state index is 0. The Balaban J connectivity index is 0.00000392. The van der Waals surface area contributed by atoms with Crippen LogP contribution >= 0.6 is 24.8 Å². The van der Waals surface area contributed by atoms with Gasteiger partial charge in [0.05, 0.1) is 19.1 Å². The van der Waals surface area contributed by atoms with E-state index in [2.05, 4.69) is 20.4 Å². The number of carbonyl (C=O) groups excluding carboxylic acids is 2. The van der Waals surface area contributed by atoms with Crippen LogP contribution in [0.2, 0.25) is 0 Å². The van der Waals surface area contributed by atoms with E-state index in [4.69, 9.17) is 10.3 Å². The molecule has 0 saturated carbocycles. The van der Waals surface area contributed by atoms with Crippen molar-refractivity contribution in [2.75, 3.05) is 32.7 Å². The van der Waals surface area contributed by atoms with Crippen LogP contribution in [0.3, 0.4) is 0 Å². The maximum absolute atomic E-state index is 12.3. The number of aromatic nitrogens is 2. The fourth-order valence-electron chi connectivity index (χ4n) is 2.67. The molecule has 1 fully saturated rings. The van der Waals surface area contributed by atoms with Crippen molar-refractivity contribution in [3.8, 4) is 0 Å². The summed E-state index contributed by atoms with van der Waals surface area (Å²) in [5.74, 6) is 0.946. The van der Waals surface area contributed by atoms with Gasteiger partial charge in [-0.1, -0.05) is 39.8 Å². The van der Waals surface area contributed by atoms with E-state index < -0.39 is 6.04 Å². The molecule has 0 unspecified atom stereocenters. The minimum Gasteiger partial charge on any atom is -0.346 e. The number of piperazine rings is 1. The lowest BCUT2D eigenvalue weighted by molar-refractivity contribution is -0.134. The zero-order chi connectivity index (χ0) is 20.2. The number of nitrogens with two attached hydrogens (primary N) is 1. The van der Waals surface area contributed by atoms with Crippen LogP contribution in [0, 0.1) is 5.92 Å². The summed E-state index contributed by atoms with van der Waals surface area (Å²) < 4.78 is 5.32. The third-order valence-corrected chi connectivity index (χ3v) is 4.63. The van der Waals surface area contributed by atoms with Gasteiger partial charge in [-0.15, -0.1) is 24.8 Å². The fourth-order valence-corrected chi connectivity index (χ4v) is 2.67. The third-order valence-electron chi connectivity index (χ3n) is 4.63. The molecular weight excluding hydrogens is 419 g/mol. The van der Waals surface area contributed by atoms with Crippen molar-refractivity contribution in [2.24, 2.45) is 11.7 Å². The van der Waals surface area contributed by atoms with Crippen LogP contribution in [0.15, 0.2) is 4.52 Å². The molecule has 0 bridgehead atoms. The summed E-state index contributed by atoms with van der Waals surface area (Å²) in [6.45, 7) is 13.1. The van der Waals surface area contributed by atoms with Gasteiger partial charge in [0.2, 0.25) is 17.7 Å². The molecule has 1 aliphatic heterocycles. The van der Waals surface area contributed by atoms with Crippen LogP contribution in [-0.2, 0) is 21.5 Å². The molecule has 1 atom stereocenters. The predicted molar refractivity (Wildman–Crippen MR) is 115 cm³/mol. The van der Waals surface area contributed by atoms with Gasteiger partial charge in [0, 0.05) is 31.6 Å². The molecule has 2 amide bonds. The summed E-state index contributed by atoms with van der Waals surface area (Å²) in [4.78, 5) is 32.5. The second-order valence-corrected chi connectivity index (χ2v) is 8.41. The molecule has 0 radical (unpaired) electrons. The quantitative estimate of drug-likeness (QED) is 0.659. The Morgan fingerprint density at radius 1 is 1.17 bits per heavy atom. The number of halogens is 2. The molecule has 3 N–H and O–H groups in total. The van der Waals surface area contributed by atoms with Gasteiger partial charge in [-0.2, -0.15) is 4.98 Å². The molecule has 1 aromatic heterocycles. The Labute approximate surface area is 184 Å². The molecule has 2 heterocycles. The van der Waals surface area contributed by atoms with E-state index in [-0.39, 0.29) is 54.5 Å². The highest BCUT2D eigenvalue weighted by molar-refractivity contribution is 5.87. The Hall–Kier alpha value is -1.42. The fraction of sp³-hybridized carbons (Fsp3) is 0.778. The second kappa shape index (κ2) is 11.7. The third kappa shape index (κ3) is 8.08. The second-order valence-electron chi connectivity index (χ2n) is 8.41. The molecule has 0 spiro atoms. The summed E-state index contributed by atoms with van der Waals surface area (Å²) in [6.07, 6.45) is 0. The Morgan fingerprint density at radius 2 is 1.76 bits per heavy atom. The van der Waals surface area contributed by atoms with E-state index in [0.29, 0.717) is 31.3 Å². The van der Waals surface area contributed by atoms with Gasteiger partial charge >= 0.3 is 0 Å². The van der Waals surface area contributed by atoms with E-state index in [9.17, 15) is 9.59 Å².